The lowest BCUT2D eigenvalue weighted by molar-refractivity contribution is 0.102. The summed E-state index contributed by atoms with van der Waals surface area (Å²) in [5.74, 6) is 0.357. The minimum atomic E-state index is -0.272. The highest BCUT2D eigenvalue weighted by Gasteiger charge is 2.19. The largest absolute Gasteiger partial charge is 0.306 e. The summed E-state index contributed by atoms with van der Waals surface area (Å²) in [5, 5.41) is 3.03. The molecule has 5 aromatic rings. The highest BCUT2D eigenvalue weighted by molar-refractivity contribution is 6.04. The van der Waals surface area contributed by atoms with Crippen molar-refractivity contribution in [2.75, 3.05) is 5.32 Å². The fourth-order valence-electron chi connectivity index (χ4n) is 3.43. The van der Waals surface area contributed by atoms with Gasteiger partial charge in [-0.05, 0) is 49.2 Å². The smallest absolute Gasteiger partial charge is 0.277 e. The van der Waals surface area contributed by atoms with E-state index in [2.05, 4.69) is 10.3 Å². The van der Waals surface area contributed by atoms with Crippen molar-refractivity contribution in [2.45, 2.75) is 13.8 Å². The zero-order chi connectivity index (χ0) is 20.0. The Bertz CT molecular complexity index is 1360. The number of nitrogens with zero attached hydrogens (tertiary/aromatic N) is 4. The molecule has 0 radical (unpaired) electrons. The Balaban J connectivity index is 1.60. The first-order valence-corrected chi connectivity index (χ1v) is 9.39. The van der Waals surface area contributed by atoms with Crippen molar-refractivity contribution in [1.29, 1.82) is 0 Å². The van der Waals surface area contributed by atoms with Crippen LogP contribution in [0.5, 0.6) is 0 Å². The number of imidazole rings is 2. The standard InChI is InChI=1S/C23H19N5O/c1-15-8-10-27-14-18(24-19(27)12-15)23(29)26-22-21(17-6-4-3-5-7-17)25-20-13-16(2)9-11-28(20)22/h3-14H,1-2H3,(H,26,29). The molecular formula is C23H19N5O. The van der Waals surface area contributed by atoms with Crippen LogP contribution in [0.15, 0.2) is 73.2 Å². The highest BCUT2D eigenvalue weighted by atomic mass is 16.2. The highest BCUT2D eigenvalue weighted by Crippen LogP contribution is 2.29. The van der Waals surface area contributed by atoms with Crippen molar-refractivity contribution < 1.29 is 4.79 Å². The Morgan fingerprint density at radius 3 is 2.41 bits per heavy atom. The minimum Gasteiger partial charge on any atom is -0.306 e. The zero-order valence-corrected chi connectivity index (χ0v) is 16.1. The quantitative estimate of drug-likeness (QED) is 0.500. The van der Waals surface area contributed by atoms with Crippen LogP contribution in [0.3, 0.4) is 0 Å². The van der Waals surface area contributed by atoms with Crippen LogP contribution in [-0.4, -0.2) is 24.7 Å². The first kappa shape index (κ1) is 17.2. The number of fused-ring (bicyclic) bond motifs is 2. The molecule has 0 aliphatic carbocycles. The van der Waals surface area contributed by atoms with Gasteiger partial charge >= 0.3 is 0 Å². The summed E-state index contributed by atoms with van der Waals surface area (Å²) in [7, 11) is 0. The van der Waals surface area contributed by atoms with Crippen LogP contribution < -0.4 is 5.32 Å². The summed E-state index contributed by atoms with van der Waals surface area (Å²) >= 11 is 0. The molecule has 0 atom stereocenters. The van der Waals surface area contributed by atoms with Crippen molar-refractivity contribution in [3.05, 3.63) is 90.0 Å². The van der Waals surface area contributed by atoms with Gasteiger partial charge in [0.2, 0.25) is 0 Å². The van der Waals surface area contributed by atoms with Crippen molar-refractivity contribution in [3.63, 3.8) is 0 Å². The van der Waals surface area contributed by atoms with E-state index in [1.165, 1.54) is 0 Å². The van der Waals surface area contributed by atoms with E-state index in [9.17, 15) is 4.79 Å². The molecule has 0 unspecified atom stereocenters. The summed E-state index contributed by atoms with van der Waals surface area (Å²) in [4.78, 5) is 22.3. The zero-order valence-electron chi connectivity index (χ0n) is 16.1. The lowest BCUT2D eigenvalue weighted by atomic mass is 10.1. The van der Waals surface area contributed by atoms with Gasteiger partial charge in [0.25, 0.3) is 5.91 Å². The molecule has 142 valence electrons. The van der Waals surface area contributed by atoms with Crippen LogP contribution in [0.2, 0.25) is 0 Å². The van der Waals surface area contributed by atoms with Gasteiger partial charge in [-0.2, -0.15) is 0 Å². The number of carbonyl (C=O) groups is 1. The Morgan fingerprint density at radius 2 is 1.62 bits per heavy atom. The average molecular weight is 381 g/mol. The van der Waals surface area contributed by atoms with Gasteiger partial charge in [0.1, 0.15) is 28.5 Å². The predicted molar refractivity (Wildman–Crippen MR) is 113 cm³/mol. The van der Waals surface area contributed by atoms with E-state index >= 15 is 0 Å². The normalized spacial score (nSPS) is 11.2. The predicted octanol–water partition coefficient (Wildman–Crippen LogP) is 4.52. The number of hydrogen-bond acceptors (Lipinski definition) is 3. The molecule has 4 aromatic heterocycles. The number of aryl methyl sites for hydroxylation is 2. The van der Waals surface area contributed by atoms with Crippen LogP contribution in [0.1, 0.15) is 21.6 Å². The molecule has 1 aromatic carbocycles. The number of anilines is 1. The molecular weight excluding hydrogens is 362 g/mol. The SMILES string of the molecule is Cc1ccn2cc(C(=O)Nc3c(-c4ccccc4)nc4cc(C)ccn34)nc2c1. The van der Waals surface area contributed by atoms with E-state index in [1.54, 1.807) is 6.20 Å². The van der Waals surface area contributed by atoms with Crippen molar-refractivity contribution >= 4 is 23.0 Å². The molecule has 0 saturated heterocycles. The van der Waals surface area contributed by atoms with Gasteiger partial charge in [-0.25, -0.2) is 9.97 Å². The number of amides is 1. The summed E-state index contributed by atoms with van der Waals surface area (Å²) < 4.78 is 3.74. The second kappa shape index (κ2) is 6.60. The number of pyridine rings is 2. The maximum Gasteiger partial charge on any atom is 0.277 e. The number of rotatable bonds is 3. The fraction of sp³-hybridized carbons (Fsp3) is 0.0870. The van der Waals surface area contributed by atoms with Crippen molar-refractivity contribution in [1.82, 2.24) is 18.8 Å². The number of benzene rings is 1. The first-order chi connectivity index (χ1) is 14.1. The maximum absolute atomic E-state index is 13.0. The van der Waals surface area contributed by atoms with Crippen LogP contribution in [0.25, 0.3) is 22.6 Å². The van der Waals surface area contributed by atoms with E-state index < -0.39 is 0 Å². The number of hydrogen-bond donors (Lipinski definition) is 1. The Morgan fingerprint density at radius 1 is 0.897 bits per heavy atom. The maximum atomic E-state index is 13.0. The van der Waals surface area contributed by atoms with Crippen molar-refractivity contribution in [3.8, 4) is 11.3 Å². The third kappa shape index (κ3) is 3.04. The van der Waals surface area contributed by atoms with E-state index in [1.807, 2.05) is 89.6 Å². The molecule has 1 N–H and O–H groups in total. The fourth-order valence-corrected chi connectivity index (χ4v) is 3.43. The molecule has 1 amide bonds. The molecule has 0 bridgehead atoms. The monoisotopic (exact) mass is 381 g/mol. The van der Waals surface area contributed by atoms with Crippen LogP contribution >= 0.6 is 0 Å². The second-order valence-corrected chi connectivity index (χ2v) is 7.16. The van der Waals surface area contributed by atoms with Gasteiger partial charge in [-0.15, -0.1) is 0 Å². The van der Waals surface area contributed by atoms with E-state index in [0.717, 1.165) is 33.7 Å². The van der Waals surface area contributed by atoms with Gasteiger partial charge in [-0.3, -0.25) is 9.20 Å². The lowest BCUT2D eigenvalue weighted by Gasteiger charge is -2.06. The summed E-state index contributed by atoms with van der Waals surface area (Å²) in [5.41, 5.74) is 5.75. The number of aromatic nitrogens is 4. The van der Waals surface area contributed by atoms with E-state index in [4.69, 9.17) is 4.98 Å². The molecule has 0 saturated carbocycles. The van der Waals surface area contributed by atoms with E-state index in [0.29, 0.717) is 11.5 Å². The molecule has 4 heterocycles. The molecule has 5 rings (SSSR count). The van der Waals surface area contributed by atoms with Crippen LogP contribution in [0.4, 0.5) is 5.82 Å². The topological polar surface area (TPSA) is 63.7 Å². The van der Waals surface area contributed by atoms with Gasteiger partial charge in [0.05, 0.1) is 0 Å². The van der Waals surface area contributed by atoms with Gasteiger partial charge in [0, 0.05) is 24.2 Å². The second-order valence-electron chi connectivity index (χ2n) is 7.16. The molecule has 0 fully saturated rings. The van der Waals surface area contributed by atoms with Gasteiger partial charge in [-0.1, -0.05) is 30.3 Å². The Kier molecular flexibility index (Phi) is 3.91. The third-order valence-electron chi connectivity index (χ3n) is 4.91. The van der Waals surface area contributed by atoms with Gasteiger partial charge in [0.15, 0.2) is 0 Å². The number of nitrogens with one attached hydrogen (secondary N) is 1. The molecule has 0 spiro atoms. The Hall–Kier alpha value is -3.93. The van der Waals surface area contributed by atoms with Crippen LogP contribution in [-0.2, 0) is 0 Å². The molecule has 0 aliphatic heterocycles. The molecule has 0 aliphatic rings. The summed E-state index contributed by atoms with van der Waals surface area (Å²) in [6.45, 7) is 4.02. The lowest BCUT2D eigenvalue weighted by Crippen LogP contribution is -2.14. The molecule has 6 heteroatoms. The first-order valence-electron chi connectivity index (χ1n) is 9.39. The molecule has 29 heavy (non-hydrogen) atoms. The summed E-state index contributed by atoms with van der Waals surface area (Å²) in [6.07, 6.45) is 5.56. The average Bonchev–Trinajstić information content (AvgIpc) is 3.29. The van der Waals surface area contributed by atoms with E-state index in [-0.39, 0.29) is 5.91 Å². The van der Waals surface area contributed by atoms with Crippen LogP contribution in [0, 0.1) is 13.8 Å². The summed E-state index contributed by atoms with van der Waals surface area (Å²) in [6, 6.07) is 17.8. The minimum absolute atomic E-state index is 0.272. The molecule has 6 nitrogen and oxygen atoms in total. The third-order valence-corrected chi connectivity index (χ3v) is 4.91. The number of carbonyl (C=O) groups excluding carboxylic acids is 1. The van der Waals surface area contributed by atoms with Crippen molar-refractivity contribution in [2.24, 2.45) is 0 Å². The Labute approximate surface area is 167 Å². The van der Waals surface area contributed by atoms with Gasteiger partial charge < -0.3 is 9.72 Å².